The van der Waals surface area contributed by atoms with Crippen LogP contribution < -0.4 is 10.6 Å². The molecule has 0 bridgehead atoms. The van der Waals surface area contributed by atoms with Crippen LogP contribution in [0.5, 0.6) is 0 Å². The molecular formula is C75H129N13O31. The average Bonchev–Trinajstić information content (AvgIpc) is 1.06. The molecule has 30 atom stereocenters. The minimum absolute atomic E-state index is 0.0392. The van der Waals surface area contributed by atoms with Crippen LogP contribution in [-0.2, 0) is 121 Å². The van der Waals surface area contributed by atoms with Gasteiger partial charge in [0.15, 0.2) is 18.9 Å². The number of terminal acetylenes is 2. The van der Waals surface area contributed by atoms with Crippen molar-refractivity contribution in [3.8, 4) is 24.7 Å². The van der Waals surface area contributed by atoms with Gasteiger partial charge >= 0.3 is 12.2 Å². The SMILES string of the molecule is C#CCN(CC#C)CCCNC(=O)OC(C)(C)C.COCC1O[C@@H](C)C(OC)[C@@H](O)[C@@H]1O[C@@H]1OC(CN=[N+]=[N-])[C@@H](O)[C@H](O)C1OC.COCC1O[C@@H](O[C@@H]2C(Cn3cc(CN(CCNC(=O)OC(C)(C)C)Cc4cn(CC5O[C@@H](O[C@@H]6C(COC)O[C@H](C)C(OC)[C@H]6O)C(OC)[C@@H](O)[C@@H]5O)nn4)nn3)O[C@H](C)C(OC)[C@H]2O)C(OC)[C@@H](O)[C@@H]1O. The fourth-order valence-corrected chi connectivity index (χ4v) is 14.5. The molecule has 44 heteroatoms. The Balaban J connectivity index is 0.000000387. The van der Waals surface area contributed by atoms with Crippen molar-refractivity contribution in [2.75, 3.05) is 130 Å². The Kier molecular flexibility index (Phi) is 42.4. The fourth-order valence-electron chi connectivity index (χ4n) is 14.5. The molecule has 44 nitrogen and oxygen atoms in total. The number of aliphatic hydroxyl groups excluding tert-OH is 9. The zero-order valence-corrected chi connectivity index (χ0v) is 71.2. The number of nitrogens with one attached hydrogen (secondary N) is 2. The molecule has 6 fully saturated rings. The van der Waals surface area contributed by atoms with Crippen LogP contribution >= 0.6 is 0 Å². The first-order valence-electron chi connectivity index (χ1n) is 39.2. The number of methoxy groups -OCH3 is 9. The highest BCUT2D eigenvalue weighted by atomic mass is 16.8. The van der Waals surface area contributed by atoms with Crippen LogP contribution in [-0.4, -0.2) is 422 Å². The first kappa shape index (κ1) is 102. The number of amides is 2. The molecule has 12 unspecified atom stereocenters. The Hall–Kier alpha value is -5.91. The maximum Gasteiger partial charge on any atom is 0.407 e. The maximum atomic E-state index is 12.6. The summed E-state index contributed by atoms with van der Waals surface area (Å²) in [6, 6.07) is 0. The van der Waals surface area contributed by atoms with Gasteiger partial charge in [0.2, 0.25) is 0 Å². The normalized spacial score (nSPS) is 34.9. The predicted octanol–water partition coefficient (Wildman–Crippen LogP) is -2.87. The molecule has 11 N–H and O–H groups in total. The summed E-state index contributed by atoms with van der Waals surface area (Å²) in [7, 11) is 12.7. The molecule has 6 aliphatic heterocycles. The van der Waals surface area contributed by atoms with E-state index in [9.17, 15) is 55.5 Å². The first-order valence-corrected chi connectivity index (χ1v) is 39.2. The molecule has 2 aromatic rings. The van der Waals surface area contributed by atoms with Gasteiger partial charge in [-0.05, 0) is 74.3 Å². The number of ether oxygens (including phenoxy) is 20. The van der Waals surface area contributed by atoms with Gasteiger partial charge in [-0.25, -0.2) is 19.0 Å². The number of azide groups is 1. The standard InChI is InChI=1S/C45H78N8O20.C16H29N3O9.C14H22N2O2/c1-22-36(63-8)34(58)38(71-43-41(66-11)33(57)31(55)28(70-43)20-61-6)27(67-22)19-53-17-25(48-50-53)15-51(13-12-46-44(60)73-45(3,4)5)14-24-16-52(49-47-24)18-26-30(54)32(56)40(65-10)42(69-26)72-39-29(21-62-7)68-23(2)37(64-9)35(39)59;1-7-13(24-3)12(22)14(9(26-7)6-23-2)28-16-15(25-4)11(21)10(20)8(27-16)5-18-19-17;1-6-10-16(11-7-2)12-8-9-15-13(17)18-14(3,4)5/h16-17,22-23,26-43,54-59H,12-15,18-21H2,1-11H3,(H,46,60);7-16,20-22H,5-6H2,1-4H3;1-2H,8-12H2,3-5H3,(H,15,17)/t22-,23-,26?,27?,28?,29?,30-,31-,32+,33+,34-,35-,36?,37?,38-,39-,40?,41?,42+,43+;7-,8?,9?,10+,11-,12+,13?,14+,15?,16-;/m10./s1. The highest BCUT2D eigenvalue weighted by Crippen LogP contribution is 2.36. The minimum atomic E-state index is -1.47. The third kappa shape index (κ3) is 29.6. The molecule has 0 spiro atoms. The number of hydrogen-bond donors (Lipinski definition) is 11. The molecular weight excluding hydrogens is 1580 g/mol. The molecule has 0 aromatic carbocycles. The molecule has 8 heterocycles. The quantitative estimate of drug-likeness (QED) is 0.0106. The van der Waals surface area contributed by atoms with Crippen molar-refractivity contribution in [3.63, 3.8) is 0 Å². The topological polar surface area (TPSA) is 542 Å². The average molecular weight is 1710 g/mol. The molecule has 0 saturated carbocycles. The smallest absolute Gasteiger partial charge is 0.407 e. The summed E-state index contributed by atoms with van der Waals surface area (Å²) in [5, 5.41) is 125. The lowest BCUT2D eigenvalue weighted by molar-refractivity contribution is -0.344. The van der Waals surface area contributed by atoms with Crippen LogP contribution in [0.2, 0.25) is 0 Å². The molecule has 2 aromatic heterocycles. The monoisotopic (exact) mass is 1710 g/mol. The number of alkyl carbamates (subject to hydrolysis) is 2. The third-order valence-corrected chi connectivity index (χ3v) is 20.2. The zero-order chi connectivity index (χ0) is 88.2. The lowest BCUT2D eigenvalue weighted by atomic mass is 9.94. The zero-order valence-electron chi connectivity index (χ0n) is 71.2. The van der Waals surface area contributed by atoms with Gasteiger partial charge in [-0.3, -0.25) is 9.80 Å². The Bertz CT molecular complexity index is 3380. The van der Waals surface area contributed by atoms with Crippen molar-refractivity contribution in [3.05, 3.63) is 34.2 Å². The van der Waals surface area contributed by atoms with E-state index in [1.807, 2.05) is 30.6 Å². The molecule has 680 valence electrons. The highest BCUT2D eigenvalue weighted by molar-refractivity contribution is 5.68. The second-order valence-corrected chi connectivity index (χ2v) is 31.4. The van der Waals surface area contributed by atoms with Crippen LogP contribution in [0.1, 0.15) is 80.1 Å². The summed E-state index contributed by atoms with van der Waals surface area (Å²) >= 11 is 0. The number of hydrogen-bond acceptors (Lipinski definition) is 38. The van der Waals surface area contributed by atoms with Gasteiger partial charge in [-0.1, -0.05) is 27.4 Å². The number of nitrogens with zero attached hydrogens (tertiary/aromatic N) is 11. The van der Waals surface area contributed by atoms with Crippen molar-refractivity contribution >= 4 is 12.2 Å². The van der Waals surface area contributed by atoms with Gasteiger partial charge in [-0.15, -0.1) is 23.0 Å². The van der Waals surface area contributed by atoms with Crippen LogP contribution in [0.15, 0.2) is 17.5 Å². The summed E-state index contributed by atoms with van der Waals surface area (Å²) < 4.78 is 117. The number of aliphatic hydroxyl groups is 9. The van der Waals surface area contributed by atoms with E-state index in [-0.39, 0.29) is 65.6 Å². The van der Waals surface area contributed by atoms with Gasteiger partial charge in [0.05, 0.1) is 88.3 Å². The van der Waals surface area contributed by atoms with Crippen molar-refractivity contribution in [2.24, 2.45) is 5.11 Å². The lowest BCUT2D eigenvalue weighted by Gasteiger charge is -2.47. The highest BCUT2D eigenvalue weighted by Gasteiger charge is 2.55. The molecule has 6 aliphatic rings. The Morgan fingerprint density at radius 2 is 0.832 bits per heavy atom. The van der Waals surface area contributed by atoms with E-state index in [1.54, 1.807) is 53.9 Å². The van der Waals surface area contributed by atoms with E-state index < -0.39 is 207 Å². The van der Waals surface area contributed by atoms with Crippen molar-refractivity contribution in [1.29, 1.82) is 0 Å². The van der Waals surface area contributed by atoms with Gasteiger partial charge in [-0.2, -0.15) is 0 Å². The molecule has 6 saturated heterocycles. The molecule has 0 radical (unpaired) electrons. The largest absolute Gasteiger partial charge is 0.444 e. The number of carbonyl (C=O) groups excluding carboxylic acids is 2. The predicted molar refractivity (Wildman–Crippen MR) is 413 cm³/mol. The Morgan fingerprint density at radius 3 is 1.22 bits per heavy atom. The van der Waals surface area contributed by atoms with Crippen LogP contribution in [0.4, 0.5) is 9.59 Å². The Morgan fingerprint density at radius 1 is 0.479 bits per heavy atom. The molecule has 0 aliphatic carbocycles. The van der Waals surface area contributed by atoms with Crippen molar-refractivity contribution < 1.29 is 150 Å². The van der Waals surface area contributed by atoms with Gasteiger partial charge in [0.25, 0.3) is 0 Å². The van der Waals surface area contributed by atoms with E-state index in [0.29, 0.717) is 31.0 Å². The van der Waals surface area contributed by atoms with E-state index in [0.717, 1.165) is 13.0 Å². The number of carbonyl (C=O) groups is 2. The van der Waals surface area contributed by atoms with E-state index in [4.69, 9.17) is 113 Å². The van der Waals surface area contributed by atoms with Crippen LogP contribution in [0.25, 0.3) is 10.4 Å². The summed E-state index contributed by atoms with van der Waals surface area (Å²) in [4.78, 5) is 30.5. The fraction of sp³-hybridized carbons (Fsp3) is 0.867. The lowest BCUT2D eigenvalue weighted by Crippen LogP contribution is -2.64. The van der Waals surface area contributed by atoms with Gasteiger partial charge in [0, 0.05) is 121 Å². The summed E-state index contributed by atoms with van der Waals surface area (Å²) in [5.41, 5.74) is 8.31. The van der Waals surface area contributed by atoms with E-state index >= 15 is 0 Å². The van der Waals surface area contributed by atoms with Gasteiger partial charge in [0.1, 0.15) is 152 Å². The summed E-state index contributed by atoms with van der Waals surface area (Å²) in [6.45, 7) is 19.1. The van der Waals surface area contributed by atoms with Crippen molar-refractivity contribution in [2.45, 2.75) is 290 Å². The molecule has 8 rings (SSSR count). The van der Waals surface area contributed by atoms with Crippen molar-refractivity contribution in [1.82, 2.24) is 50.4 Å². The molecule has 119 heavy (non-hydrogen) atoms. The van der Waals surface area contributed by atoms with E-state index in [1.165, 1.54) is 73.4 Å². The molecule has 2 amide bonds. The second-order valence-electron chi connectivity index (χ2n) is 31.4. The number of aromatic nitrogens is 6. The van der Waals surface area contributed by atoms with Crippen LogP contribution in [0, 0.1) is 24.7 Å². The summed E-state index contributed by atoms with van der Waals surface area (Å²) in [5.74, 6) is 5.10. The third-order valence-electron chi connectivity index (χ3n) is 20.2. The van der Waals surface area contributed by atoms with Crippen LogP contribution in [0.3, 0.4) is 0 Å². The first-order chi connectivity index (χ1) is 56.5. The van der Waals surface area contributed by atoms with E-state index in [2.05, 4.69) is 53.1 Å². The minimum Gasteiger partial charge on any atom is -0.444 e. The van der Waals surface area contributed by atoms with Gasteiger partial charge < -0.3 is 151 Å². The summed E-state index contributed by atoms with van der Waals surface area (Å²) in [6.07, 6.45) is -17.3. The Labute approximate surface area is 693 Å². The second kappa shape index (κ2) is 49.5. The number of rotatable bonds is 37. The maximum absolute atomic E-state index is 12.6.